The number of benzene rings is 2. The normalized spacial score (nSPS) is 16.2. The molecule has 0 radical (unpaired) electrons. The summed E-state index contributed by atoms with van der Waals surface area (Å²) in [6.45, 7) is -3.18. The summed E-state index contributed by atoms with van der Waals surface area (Å²) in [5, 5.41) is 6.63. The van der Waals surface area contributed by atoms with Gasteiger partial charge in [0.1, 0.15) is 5.75 Å². The van der Waals surface area contributed by atoms with Crippen LogP contribution in [0.2, 0.25) is 0 Å². The molecule has 1 amide bonds. The first-order valence-electron chi connectivity index (χ1n) is 8.70. The predicted octanol–water partition coefficient (Wildman–Crippen LogP) is 3.83. The summed E-state index contributed by atoms with van der Waals surface area (Å²) in [5.74, 6) is -0.297. The minimum atomic E-state index is -2.93. The van der Waals surface area contributed by atoms with E-state index in [-0.39, 0.29) is 24.3 Å². The molecule has 1 atom stereocenters. The smallest absolute Gasteiger partial charge is 0.387 e. The second kappa shape index (κ2) is 9.12. The van der Waals surface area contributed by atoms with Gasteiger partial charge in [0.15, 0.2) is 6.61 Å². The van der Waals surface area contributed by atoms with Crippen molar-refractivity contribution in [2.45, 2.75) is 31.9 Å². The summed E-state index contributed by atoms with van der Waals surface area (Å²) in [4.78, 5) is 17.1. The molecule has 27 heavy (non-hydrogen) atoms. The Morgan fingerprint density at radius 3 is 2.85 bits per heavy atom. The van der Waals surface area contributed by atoms with Gasteiger partial charge in [0.25, 0.3) is 5.91 Å². The van der Waals surface area contributed by atoms with Crippen molar-refractivity contribution in [2.24, 2.45) is 5.16 Å². The molecular weight excluding hydrogens is 354 g/mol. The molecule has 5 nitrogen and oxygen atoms in total. The molecule has 1 unspecified atom stereocenters. The topological polar surface area (TPSA) is 59.9 Å². The number of carbonyl (C=O) groups is 1. The van der Waals surface area contributed by atoms with E-state index in [1.807, 2.05) is 18.2 Å². The maximum absolute atomic E-state index is 12.4. The van der Waals surface area contributed by atoms with Crippen LogP contribution in [-0.2, 0) is 16.1 Å². The van der Waals surface area contributed by atoms with Gasteiger partial charge in [-0.2, -0.15) is 8.78 Å². The highest BCUT2D eigenvalue weighted by molar-refractivity contribution is 5.83. The first-order chi connectivity index (χ1) is 13.1. The molecule has 1 aliphatic carbocycles. The Morgan fingerprint density at radius 2 is 2.00 bits per heavy atom. The zero-order valence-electron chi connectivity index (χ0n) is 14.6. The molecular formula is C20H20F2N2O3. The molecule has 0 aliphatic heterocycles. The third-order valence-corrected chi connectivity index (χ3v) is 4.30. The van der Waals surface area contributed by atoms with E-state index < -0.39 is 6.61 Å². The summed E-state index contributed by atoms with van der Waals surface area (Å²) in [7, 11) is 0. The zero-order chi connectivity index (χ0) is 19.1. The molecule has 3 rings (SSSR count). The van der Waals surface area contributed by atoms with Crippen molar-refractivity contribution in [3.8, 4) is 5.75 Å². The Morgan fingerprint density at radius 1 is 1.22 bits per heavy atom. The van der Waals surface area contributed by atoms with Crippen LogP contribution in [-0.4, -0.2) is 25.3 Å². The lowest BCUT2D eigenvalue weighted by Gasteiger charge is -2.26. The lowest BCUT2D eigenvalue weighted by atomic mass is 9.88. The number of oxime groups is 1. The minimum Gasteiger partial charge on any atom is -0.434 e. The summed E-state index contributed by atoms with van der Waals surface area (Å²) in [5.41, 5.74) is 2.72. The molecule has 0 saturated heterocycles. The van der Waals surface area contributed by atoms with Crippen molar-refractivity contribution in [3.63, 3.8) is 0 Å². The van der Waals surface area contributed by atoms with Gasteiger partial charge in [-0.3, -0.25) is 4.79 Å². The van der Waals surface area contributed by atoms with Crippen LogP contribution in [0, 0.1) is 0 Å². The summed E-state index contributed by atoms with van der Waals surface area (Å²) in [6, 6.07) is 14.2. The molecule has 1 N–H and O–H groups in total. The standard InChI is InChI=1S/C20H20F2N2O3/c21-20(22)27-18-11-4-2-7-15(18)12-23-26-13-19(25)24-17-10-5-8-14-6-1-3-9-16(14)17/h1-4,6-7,9,11-12,17,20H,5,8,10,13H2,(H,24,25). The van der Waals surface area contributed by atoms with Gasteiger partial charge in [-0.1, -0.05) is 41.6 Å². The zero-order valence-corrected chi connectivity index (χ0v) is 14.6. The maximum atomic E-state index is 12.4. The third-order valence-electron chi connectivity index (χ3n) is 4.30. The maximum Gasteiger partial charge on any atom is 0.387 e. The second-order valence-corrected chi connectivity index (χ2v) is 6.14. The monoisotopic (exact) mass is 374 g/mol. The van der Waals surface area contributed by atoms with Crippen molar-refractivity contribution in [2.75, 3.05) is 6.61 Å². The van der Waals surface area contributed by atoms with Crippen LogP contribution in [0.3, 0.4) is 0 Å². The van der Waals surface area contributed by atoms with Gasteiger partial charge in [0.05, 0.1) is 12.3 Å². The molecule has 0 bridgehead atoms. The summed E-state index contributed by atoms with van der Waals surface area (Å²) < 4.78 is 29.1. The van der Waals surface area contributed by atoms with Crippen LogP contribution in [0.1, 0.15) is 35.6 Å². The van der Waals surface area contributed by atoms with Gasteiger partial charge in [-0.15, -0.1) is 0 Å². The fourth-order valence-electron chi connectivity index (χ4n) is 3.12. The van der Waals surface area contributed by atoms with E-state index in [1.165, 1.54) is 17.8 Å². The van der Waals surface area contributed by atoms with E-state index in [1.54, 1.807) is 18.2 Å². The summed E-state index contributed by atoms with van der Waals surface area (Å²) >= 11 is 0. The van der Waals surface area contributed by atoms with Gasteiger partial charge in [-0.25, -0.2) is 0 Å². The number of carbonyl (C=O) groups excluding carboxylic acids is 1. The van der Waals surface area contributed by atoms with Crippen molar-refractivity contribution < 1.29 is 23.1 Å². The highest BCUT2D eigenvalue weighted by Gasteiger charge is 2.21. The number of nitrogens with one attached hydrogen (secondary N) is 1. The summed E-state index contributed by atoms with van der Waals surface area (Å²) in [6.07, 6.45) is 4.15. The molecule has 2 aromatic carbocycles. The fourth-order valence-corrected chi connectivity index (χ4v) is 3.12. The quantitative estimate of drug-likeness (QED) is 0.592. The second-order valence-electron chi connectivity index (χ2n) is 6.14. The molecule has 0 aromatic heterocycles. The largest absolute Gasteiger partial charge is 0.434 e. The van der Waals surface area contributed by atoms with Gasteiger partial charge in [0, 0.05) is 5.56 Å². The number of para-hydroxylation sites is 1. The van der Waals surface area contributed by atoms with E-state index in [4.69, 9.17) is 4.84 Å². The van der Waals surface area contributed by atoms with E-state index in [0.29, 0.717) is 5.56 Å². The van der Waals surface area contributed by atoms with Crippen LogP contribution >= 0.6 is 0 Å². The van der Waals surface area contributed by atoms with Gasteiger partial charge in [-0.05, 0) is 42.5 Å². The van der Waals surface area contributed by atoms with Gasteiger partial charge >= 0.3 is 6.61 Å². The highest BCUT2D eigenvalue weighted by Crippen LogP contribution is 2.29. The first kappa shape index (κ1) is 18.8. The highest BCUT2D eigenvalue weighted by atomic mass is 19.3. The third kappa shape index (κ3) is 5.26. The first-order valence-corrected chi connectivity index (χ1v) is 8.70. The molecule has 0 heterocycles. The Bertz CT molecular complexity index is 811. The van der Waals surface area contributed by atoms with Crippen LogP contribution in [0.15, 0.2) is 53.7 Å². The Kier molecular flexibility index (Phi) is 6.35. The number of hydrogen-bond donors (Lipinski definition) is 1. The molecule has 2 aromatic rings. The van der Waals surface area contributed by atoms with Crippen molar-refractivity contribution in [3.05, 3.63) is 65.2 Å². The Balaban J connectivity index is 1.52. The van der Waals surface area contributed by atoms with Gasteiger partial charge < -0.3 is 14.9 Å². The predicted molar refractivity (Wildman–Crippen MR) is 96.9 cm³/mol. The molecule has 0 fully saturated rings. The number of aryl methyl sites for hydroxylation is 1. The van der Waals surface area contributed by atoms with Gasteiger partial charge in [0.2, 0.25) is 0 Å². The van der Waals surface area contributed by atoms with E-state index in [0.717, 1.165) is 24.8 Å². The number of halogens is 2. The number of nitrogens with zero attached hydrogens (tertiary/aromatic N) is 1. The van der Waals surface area contributed by atoms with Crippen molar-refractivity contribution in [1.29, 1.82) is 0 Å². The molecule has 1 aliphatic rings. The number of fused-ring (bicyclic) bond motifs is 1. The van der Waals surface area contributed by atoms with Crippen LogP contribution < -0.4 is 10.1 Å². The number of amides is 1. The molecule has 7 heteroatoms. The van der Waals surface area contributed by atoms with Crippen LogP contribution in [0.25, 0.3) is 0 Å². The van der Waals surface area contributed by atoms with E-state index in [2.05, 4.69) is 21.3 Å². The molecule has 0 spiro atoms. The SMILES string of the molecule is O=C(CON=Cc1ccccc1OC(F)F)NC1CCCc2ccccc21. The minimum absolute atomic E-state index is 0.0110. The fraction of sp³-hybridized carbons (Fsp3) is 0.300. The Hall–Kier alpha value is -2.96. The molecule has 0 saturated carbocycles. The number of alkyl halides is 2. The lowest BCUT2D eigenvalue weighted by molar-refractivity contribution is -0.126. The Labute approximate surface area is 156 Å². The number of ether oxygens (including phenoxy) is 1. The number of rotatable bonds is 7. The average Bonchev–Trinajstić information content (AvgIpc) is 2.66. The number of hydrogen-bond acceptors (Lipinski definition) is 4. The van der Waals surface area contributed by atoms with Crippen LogP contribution in [0.5, 0.6) is 5.75 Å². The average molecular weight is 374 g/mol. The van der Waals surface area contributed by atoms with Crippen LogP contribution in [0.4, 0.5) is 8.78 Å². The lowest BCUT2D eigenvalue weighted by Crippen LogP contribution is -2.33. The van der Waals surface area contributed by atoms with E-state index in [9.17, 15) is 13.6 Å². The molecule has 142 valence electrons. The van der Waals surface area contributed by atoms with Crippen molar-refractivity contribution >= 4 is 12.1 Å². The van der Waals surface area contributed by atoms with E-state index >= 15 is 0 Å². The van der Waals surface area contributed by atoms with Crippen molar-refractivity contribution in [1.82, 2.24) is 5.32 Å².